The topological polar surface area (TPSA) is 112 Å². The van der Waals surface area contributed by atoms with Crippen molar-refractivity contribution in [2.24, 2.45) is 5.73 Å². The van der Waals surface area contributed by atoms with Gasteiger partial charge < -0.3 is 20.2 Å². The molecular formula is C12H10N2O5S. The van der Waals surface area contributed by atoms with Gasteiger partial charge in [-0.1, -0.05) is 0 Å². The van der Waals surface area contributed by atoms with Gasteiger partial charge in [0.15, 0.2) is 6.61 Å². The lowest BCUT2D eigenvalue weighted by atomic mass is 10.3. The molecule has 2 aromatic rings. The summed E-state index contributed by atoms with van der Waals surface area (Å²) in [5.41, 5.74) is 5.57. The second-order valence-corrected chi connectivity index (χ2v) is 4.58. The molecule has 0 aliphatic rings. The number of primary amides is 1. The Bertz CT molecular complexity index is 632. The molecule has 0 atom stereocenters. The Morgan fingerprint density at radius 2 is 2.15 bits per heavy atom. The Morgan fingerprint density at radius 1 is 1.35 bits per heavy atom. The van der Waals surface area contributed by atoms with Gasteiger partial charge in [-0.15, -0.1) is 11.3 Å². The molecule has 2 rings (SSSR count). The van der Waals surface area contributed by atoms with Gasteiger partial charge >= 0.3 is 5.97 Å². The molecule has 104 valence electrons. The summed E-state index contributed by atoms with van der Waals surface area (Å²) in [6.07, 6.45) is 2.53. The van der Waals surface area contributed by atoms with Crippen LogP contribution in [0.4, 0.5) is 5.00 Å². The van der Waals surface area contributed by atoms with Crippen LogP contribution in [0, 0.1) is 0 Å². The predicted octanol–water partition coefficient (Wildman–Crippen LogP) is 1.24. The first-order valence-corrected chi connectivity index (χ1v) is 6.32. The third-order valence-electron chi connectivity index (χ3n) is 2.27. The molecule has 2 heterocycles. The van der Waals surface area contributed by atoms with E-state index in [1.54, 1.807) is 5.38 Å². The van der Waals surface area contributed by atoms with E-state index >= 15 is 0 Å². The van der Waals surface area contributed by atoms with Crippen LogP contribution in [0.2, 0.25) is 0 Å². The van der Waals surface area contributed by atoms with E-state index in [2.05, 4.69) is 5.32 Å². The molecule has 2 aromatic heterocycles. The van der Waals surface area contributed by atoms with E-state index in [-0.39, 0.29) is 11.1 Å². The minimum absolute atomic E-state index is 0.213. The summed E-state index contributed by atoms with van der Waals surface area (Å²) in [6, 6.07) is 2.92. The molecule has 0 saturated heterocycles. The van der Waals surface area contributed by atoms with E-state index in [0.717, 1.165) is 11.3 Å². The number of carbonyl (C=O) groups is 3. The van der Waals surface area contributed by atoms with Gasteiger partial charge in [-0.05, 0) is 17.5 Å². The molecule has 0 aliphatic heterocycles. The SMILES string of the molecule is NC(=O)c1ccsc1NC(=O)COC(=O)c1ccoc1. The third-order valence-corrected chi connectivity index (χ3v) is 3.10. The summed E-state index contributed by atoms with van der Waals surface area (Å²) >= 11 is 1.15. The maximum atomic E-state index is 11.6. The number of hydrogen-bond donors (Lipinski definition) is 2. The molecule has 2 amide bonds. The standard InChI is InChI=1S/C12H10N2O5S/c13-10(16)8-2-4-20-11(8)14-9(15)6-19-12(17)7-1-3-18-5-7/h1-5H,6H2,(H2,13,16)(H,14,15). The fourth-order valence-corrected chi connectivity index (χ4v) is 2.17. The second kappa shape index (κ2) is 6.02. The zero-order chi connectivity index (χ0) is 14.5. The number of rotatable bonds is 5. The van der Waals surface area contributed by atoms with Crippen LogP contribution in [0.5, 0.6) is 0 Å². The summed E-state index contributed by atoms with van der Waals surface area (Å²) in [4.78, 5) is 34.1. The molecule has 0 fully saturated rings. The van der Waals surface area contributed by atoms with Crippen LogP contribution >= 0.6 is 11.3 Å². The monoisotopic (exact) mass is 294 g/mol. The first kappa shape index (κ1) is 13.8. The van der Waals surface area contributed by atoms with Crippen LogP contribution in [0.25, 0.3) is 0 Å². The Hall–Kier alpha value is -2.61. The van der Waals surface area contributed by atoms with Gasteiger partial charge in [0.1, 0.15) is 11.3 Å². The van der Waals surface area contributed by atoms with Crippen LogP contribution < -0.4 is 11.1 Å². The van der Waals surface area contributed by atoms with Crippen molar-refractivity contribution in [3.8, 4) is 0 Å². The Morgan fingerprint density at radius 3 is 2.80 bits per heavy atom. The van der Waals surface area contributed by atoms with Crippen LogP contribution in [0.15, 0.2) is 34.5 Å². The zero-order valence-electron chi connectivity index (χ0n) is 10.1. The van der Waals surface area contributed by atoms with Crippen molar-refractivity contribution in [3.63, 3.8) is 0 Å². The van der Waals surface area contributed by atoms with Crippen molar-refractivity contribution in [2.45, 2.75) is 0 Å². The third kappa shape index (κ3) is 3.23. The van der Waals surface area contributed by atoms with Crippen molar-refractivity contribution >= 4 is 34.1 Å². The molecule has 0 radical (unpaired) electrons. The van der Waals surface area contributed by atoms with Crippen molar-refractivity contribution in [1.82, 2.24) is 0 Å². The molecule has 7 nitrogen and oxygen atoms in total. The van der Waals surface area contributed by atoms with Crippen molar-refractivity contribution in [2.75, 3.05) is 11.9 Å². The quantitative estimate of drug-likeness (QED) is 0.806. The lowest BCUT2D eigenvalue weighted by molar-refractivity contribution is -0.119. The van der Waals surface area contributed by atoms with Gasteiger partial charge in [-0.25, -0.2) is 4.79 Å². The van der Waals surface area contributed by atoms with Crippen molar-refractivity contribution < 1.29 is 23.5 Å². The maximum Gasteiger partial charge on any atom is 0.341 e. The fraction of sp³-hybridized carbons (Fsp3) is 0.0833. The molecule has 0 spiro atoms. The molecule has 3 N–H and O–H groups in total. The average Bonchev–Trinajstić information content (AvgIpc) is 3.06. The molecule has 0 aromatic carbocycles. The summed E-state index contributed by atoms with van der Waals surface area (Å²) in [5.74, 6) is -1.88. The van der Waals surface area contributed by atoms with E-state index in [1.807, 2.05) is 0 Å². The highest BCUT2D eigenvalue weighted by atomic mass is 32.1. The number of ether oxygens (including phenoxy) is 1. The highest BCUT2D eigenvalue weighted by Gasteiger charge is 2.15. The minimum Gasteiger partial charge on any atom is -0.472 e. The summed E-state index contributed by atoms with van der Waals surface area (Å²) in [7, 11) is 0. The number of nitrogens with one attached hydrogen (secondary N) is 1. The van der Waals surface area contributed by atoms with E-state index in [4.69, 9.17) is 14.9 Å². The van der Waals surface area contributed by atoms with Gasteiger partial charge in [0.25, 0.3) is 11.8 Å². The molecule has 0 unspecified atom stereocenters. The number of carbonyl (C=O) groups excluding carboxylic acids is 3. The van der Waals surface area contributed by atoms with Crippen LogP contribution in [0.1, 0.15) is 20.7 Å². The number of hydrogen-bond acceptors (Lipinski definition) is 6. The highest BCUT2D eigenvalue weighted by Crippen LogP contribution is 2.22. The van der Waals surface area contributed by atoms with Crippen LogP contribution in [-0.2, 0) is 9.53 Å². The van der Waals surface area contributed by atoms with Crippen LogP contribution in [-0.4, -0.2) is 24.4 Å². The molecular weight excluding hydrogens is 284 g/mol. The molecule has 8 heteroatoms. The largest absolute Gasteiger partial charge is 0.472 e. The molecule has 0 aliphatic carbocycles. The van der Waals surface area contributed by atoms with E-state index in [9.17, 15) is 14.4 Å². The number of thiophene rings is 1. The lowest BCUT2D eigenvalue weighted by Crippen LogP contribution is -2.22. The van der Waals surface area contributed by atoms with Crippen molar-refractivity contribution in [1.29, 1.82) is 0 Å². The second-order valence-electron chi connectivity index (χ2n) is 3.66. The molecule has 20 heavy (non-hydrogen) atoms. The van der Waals surface area contributed by atoms with Crippen LogP contribution in [0.3, 0.4) is 0 Å². The van der Waals surface area contributed by atoms with Gasteiger partial charge in [0, 0.05) is 0 Å². The van der Waals surface area contributed by atoms with E-state index in [0.29, 0.717) is 5.00 Å². The first-order chi connectivity index (χ1) is 9.58. The van der Waals surface area contributed by atoms with Crippen molar-refractivity contribution in [3.05, 3.63) is 41.2 Å². The van der Waals surface area contributed by atoms with Gasteiger partial charge in [0.05, 0.1) is 17.4 Å². The summed E-state index contributed by atoms with van der Waals surface area (Å²) in [5, 5.41) is 4.39. The highest BCUT2D eigenvalue weighted by molar-refractivity contribution is 7.14. The average molecular weight is 294 g/mol. The smallest absolute Gasteiger partial charge is 0.341 e. The van der Waals surface area contributed by atoms with E-state index < -0.39 is 24.4 Å². The maximum absolute atomic E-state index is 11.6. The molecule has 0 saturated carbocycles. The number of nitrogens with two attached hydrogens (primary N) is 1. The predicted molar refractivity (Wildman–Crippen MR) is 70.5 cm³/mol. The minimum atomic E-state index is -0.671. The first-order valence-electron chi connectivity index (χ1n) is 5.44. The summed E-state index contributed by atoms with van der Waals surface area (Å²) < 4.78 is 9.49. The van der Waals surface area contributed by atoms with E-state index in [1.165, 1.54) is 24.7 Å². The fourth-order valence-electron chi connectivity index (χ4n) is 1.36. The normalized spacial score (nSPS) is 10.0. The zero-order valence-corrected chi connectivity index (χ0v) is 10.9. The Labute approximate surface area is 117 Å². The van der Waals surface area contributed by atoms with Gasteiger partial charge in [0.2, 0.25) is 0 Å². The Kier molecular flexibility index (Phi) is 4.16. The number of anilines is 1. The summed E-state index contributed by atoms with van der Waals surface area (Å²) in [6.45, 7) is -0.472. The van der Waals surface area contributed by atoms with Gasteiger partial charge in [-0.3, -0.25) is 9.59 Å². The number of amides is 2. The Balaban J connectivity index is 1.88. The van der Waals surface area contributed by atoms with Gasteiger partial charge in [-0.2, -0.15) is 0 Å². The lowest BCUT2D eigenvalue weighted by Gasteiger charge is -2.05. The molecule has 0 bridgehead atoms. The number of esters is 1. The number of furan rings is 1.